The number of pyridine rings is 1. The number of carboxylic acid groups (broad SMARTS) is 1. The molecule has 1 aromatic carbocycles. The van der Waals surface area contributed by atoms with E-state index in [0.717, 1.165) is 13.6 Å². The zero-order valence-corrected chi connectivity index (χ0v) is 14.4. The molecule has 0 unspecified atom stereocenters. The van der Waals surface area contributed by atoms with Gasteiger partial charge in [0.1, 0.15) is 5.69 Å². The van der Waals surface area contributed by atoms with Gasteiger partial charge >= 0.3 is 5.97 Å². The summed E-state index contributed by atoms with van der Waals surface area (Å²) in [5, 5.41) is 11.5. The van der Waals surface area contributed by atoms with Crippen LogP contribution in [0.3, 0.4) is 0 Å². The maximum absolute atomic E-state index is 12.1. The average molecular weight is 461 g/mol. The molecular formula is C14H10BrIN2O3. The van der Waals surface area contributed by atoms with E-state index >= 15 is 0 Å². The Labute approximate surface area is 143 Å². The second kappa shape index (κ2) is 6.99. The molecule has 1 aromatic heterocycles. The minimum absolute atomic E-state index is 0.0227. The van der Waals surface area contributed by atoms with Crippen LogP contribution in [0.25, 0.3) is 0 Å². The van der Waals surface area contributed by atoms with Crippen molar-refractivity contribution in [3.63, 3.8) is 0 Å². The number of benzene rings is 1. The number of hydrogen-bond acceptors (Lipinski definition) is 3. The summed E-state index contributed by atoms with van der Waals surface area (Å²) in [4.78, 5) is 26.6. The Balaban J connectivity index is 2.04. The van der Waals surface area contributed by atoms with Gasteiger partial charge in [-0.1, -0.05) is 6.07 Å². The lowest BCUT2D eigenvalue weighted by molar-refractivity contribution is 0.0690. The van der Waals surface area contributed by atoms with Crippen molar-refractivity contribution >= 4 is 50.4 Å². The second-order valence-corrected chi connectivity index (χ2v) is 6.26. The number of rotatable bonds is 4. The van der Waals surface area contributed by atoms with Crippen molar-refractivity contribution in [2.45, 2.75) is 6.54 Å². The lowest BCUT2D eigenvalue weighted by atomic mass is 10.2. The monoisotopic (exact) mass is 460 g/mol. The highest BCUT2D eigenvalue weighted by Crippen LogP contribution is 2.19. The van der Waals surface area contributed by atoms with Crippen LogP contribution >= 0.6 is 38.5 Å². The molecule has 2 rings (SSSR count). The maximum Gasteiger partial charge on any atom is 0.354 e. The Morgan fingerprint density at radius 2 is 2.05 bits per heavy atom. The van der Waals surface area contributed by atoms with E-state index in [1.165, 1.54) is 12.3 Å². The topological polar surface area (TPSA) is 79.3 Å². The molecule has 0 aliphatic rings. The molecule has 0 aliphatic carbocycles. The van der Waals surface area contributed by atoms with Gasteiger partial charge in [0.05, 0.1) is 5.56 Å². The van der Waals surface area contributed by atoms with Crippen molar-refractivity contribution in [1.29, 1.82) is 0 Å². The summed E-state index contributed by atoms with van der Waals surface area (Å²) >= 11 is 5.48. The summed E-state index contributed by atoms with van der Waals surface area (Å²) in [6.45, 7) is 0.281. The standard InChI is InChI=1S/C14H10BrIN2O3/c15-11-3-2-9(16)5-10(11)13(19)18-7-8-1-4-12(14(20)21)17-6-8/h1-6H,7H2,(H,18,19)(H,20,21). The van der Waals surface area contributed by atoms with E-state index in [1.807, 2.05) is 12.1 Å². The van der Waals surface area contributed by atoms with E-state index in [0.29, 0.717) is 5.56 Å². The number of aromatic carboxylic acids is 1. The van der Waals surface area contributed by atoms with Crippen molar-refractivity contribution in [2.75, 3.05) is 0 Å². The highest BCUT2D eigenvalue weighted by atomic mass is 127. The molecule has 0 fully saturated rings. The number of nitrogens with one attached hydrogen (secondary N) is 1. The lowest BCUT2D eigenvalue weighted by Crippen LogP contribution is -2.23. The number of nitrogens with zero attached hydrogens (tertiary/aromatic N) is 1. The third-order valence-electron chi connectivity index (χ3n) is 2.67. The Kier molecular flexibility index (Phi) is 5.29. The summed E-state index contributed by atoms with van der Waals surface area (Å²) in [5.41, 5.74) is 1.26. The van der Waals surface area contributed by atoms with Crippen molar-refractivity contribution < 1.29 is 14.7 Å². The van der Waals surface area contributed by atoms with E-state index in [9.17, 15) is 9.59 Å². The molecule has 1 heterocycles. The average Bonchev–Trinajstić information content (AvgIpc) is 2.47. The summed E-state index contributed by atoms with van der Waals surface area (Å²) in [6, 6.07) is 8.54. The number of hydrogen-bond donors (Lipinski definition) is 2. The van der Waals surface area contributed by atoms with Crippen LogP contribution in [-0.2, 0) is 6.54 Å². The number of amides is 1. The van der Waals surface area contributed by atoms with Crippen LogP contribution in [0, 0.1) is 3.57 Å². The van der Waals surface area contributed by atoms with Crippen LogP contribution in [0.4, 0.5) is 0 Å². The minimum Gasteiger partial charge on any atom is -0.477 e. The number of carboxylic acids is 1. The number of aromatic nitrogens is 1. The van der Waals surface area contributed by atoms with Crippen molar-refractivity contribution in [1.82, 2.24) is 10.3 Å². The quantitative estimate of drug-likeness (QED) is 0.687. The van der Waals surface area contributed by atoms with Crippen LogP contribution in [0.1, 0.15) is 26.4 Å². The van der Waals surface area contributed by atoms with E-state index in [1.54, 1.807) is 12.1 Å². The molecule has 1 amide bonds. The van der Waals surface area contributed by atoms with Crippen LogP contribution in [0.2, 0.25) is 0 Å². The number of halogens is 2. The molecule has 2 N–H and O–H groups in total. The molecule has 7 heteroatoms. The minimum atomic E-state index is -1.08. The predicted octanol–water partition coefficient (Wildman–Crippen LogP) is 3.08. The summed E-state index contributed by atoms with van der Waals surface area (Å²) < 4.78 is 1.69. The maximum atomic E-state index is 12.1. The second-order valence-electron chi connectivity index (χ2n) is 4.16. The Morgan fingerprint density at radius 3 is 2.67 bits per heavy atom. The van der Waals surface area contributed by atoms with Crippen LogP contribution in [-0.4, -0.2) is 22.0 Å². The van der Waals surface area contributed by atoms with Crippen molar-refractivity contribution in [3.05, 3.63) is 61.4 Å². The van der Waals surface area contributed by atoms with E-state index < -0.39 is 5.97 Å². The molecule has 108 valence electrons. The fraction of sp³-hybridized carbons (Fsp3) is 0.0714. The number of carbonyl (C=O) groups excluding carboxylic acids is 1. The predicted molar refractivity (Wildman–Crippen MR) is 89.2 cm³/mol. The molecule has 0 saturated heterocycles. The largest absolute Gasteiger partial charge is 0.477 e. The van der Waals surface area contributed by atoms with Gasteiger partial charge < -0.3 is 10.4 Å². The Morgan fingerprint density at radius 1 is 1.29 bits per heavy atom. The smallest absolute Gasteiger partial charge is 0.354 e. The highest BCUT2D eigenvalue weighted by Gasteiger charge is 2.10. The molecule has 0 saturated carbocycles. The van der Waals surface area contributed by atoms with Gasteiger partial charge in [-0.2, -0.15) is 0 Å². The molecule has 0 spiro atoms. The van der Waals surface area contributed by atoms with Gasteiger partial charge in [0.2, 0.25) is 0 Å². The zero-order valence-electron chi connectivity index (χ0n) is 10.6. The fourth-order valence-electron chi connectivity index (χ4n) is 1.60. The summed E-state index contributed by atoms with van der Waals surface area (Å²) in [6.07, 6.45) is 1.44. The molecule has 0 bridgehead atoms. The third kappa shape index (κ3) is 4.24. The van der Waals surface area contributed by atoms with Gasteiger partial charge in [-0.05, 0) is 68.3 Å². The third-order valence-corrected chi connectivity index (χ3v) is 4.03. The summed E-state index contributed by atoms with van der Waals surface area (Å²) in [7, 11) is 0. The molecule has 21 heavy (non-hydrogen) atoms. The normalized spacial score (nSPS) is 10.2. The molecule has 5 nitrogen and oxygen atoms in total. The first-order valence-corrected chi connectivity index (χ1v) is 7.76. The fourth-order valence-corrected chi connectivity index (χ4v) is 2.52. The van der Waals surface area contributed by atoms with Gasteiger partial charge in [-0.15, -0.1) is 0 Å². The van der Waals surface area contributed by atoms with E-state index in [-0.39, 0.29) is 18.1 Å². The Bertz CT molecular complexity index is 689. The SMILES string of the molecule is O=C(O)c1ccc(CNC(=O)c2cc(I)ccc2Br)cn1. The lowest BCUT2D eigenvalue weighted by Gasteiger charge is -2.07. The molecule has 2 aromatic rings. The first-order valence-electron chi connectivity index (χ1n) is 5.89. The summed E-state index contributed by atoms with van der Waals surface area (Å²) in [5.74, 6) is -1.28. The van der Waals surface area contributed by atoms with Crippen LogP contribution < -0.4 is 5.32 Å². The van der Waals surface area contributed by atoms with E-state index in [4.69, 9.17) is 5.11 Å². The van der Waals surface area contributed by atoms with Gasteiger partial charge in [0.25, 0.3) is 5.91 Å². The van der Waals surface area contributed by atoms with Crippen LogP contribution in [0.15, 0.2) is 41.0 Å². The first-order chi connectivity index (χ1) is 9.97. The first kappa shape index (κ1) is 15.9. The highest BCUT2D eigenvalue weighted by molar-refractivity contribution is 14.1. The van der Waals surface area contributed by atoms with Gasteiger partial charge in [0.15, 0.2) is 0 Å². The van der Waals surface area contributed by atoms with Gasteiger partial charge in [-0.25, -0.2) is 9.78 Å². The van der Waals surface area contributed by atoms with E-state index in [2.05, 4.69) is 48.8 Å². The van der Waals surface area contributed by atoms with Gasteiger partial charge in [0, 0.05) is 20.8 Å². The molecule has 0 atom stereocenters. The van der Waals surface area contributed by atoms with Gasteiger partial charge in [-0.3, -0.25) is 4.79 Å². The molecule has 0 aliphatic heterocycles. The van der Waals surface area contributed by atoms with Crippen molar-refractivity contribution in [3.8, 4) is 0 Å². The van der Waals surface area contributed by atoms with Crippen molar-refractivity contribution in [2.24, 2.45) is 0 Å². The number of carbonyl (C=O) groups is 2. The molecular weight excluding hydrogens is 451 g/mol. The zero-order chi connectivity index (χ0) is 15.4. The van der Waals surface area contributed by atoms with Crippen LogP contribution in [0.5, 0.6) is 0 Å². The Hall–Kier alpha value is -1.48. The molecule has 0 radical (unpaired) electrons.